The number of aliphatic hydroxyl groups excluding tert-OH is 2. The van der Waals surface area contributed by atoms with E-state index < -0.39 is 9.85 Å². The van der Waals surface area contributed by atoms with Gasteiger partial charge in [-0.1, -0.05) is 66.2 Å². The number of nitrogens with one attached hydrogen (secondary N) is 1. The number of nitrogen functional groups attached to an aromatic ring is 1. The van der Waals surface area contributed by atoms with E-state index in [0.29, 0.717) is 12.1 Å². The van der Waals surface area contributed by atoms with Gasteiger partial charge < -0.3 is 21.3 Å². The van der Waals surface area contributed by atoms with E-state index >= 15 is 0 Å². The van der Waals surface area contributed by atoms with Crippen LogP contribution in [-0.2, 0) is 12.8 Å². The van der Waals surface area contributed by atoms with Crippen LogP contribution in [0.15, 0.2) is 97.1 Å². The molecular weight excluding hydrogens is 500 g/mol. The molecule has 0 aromatic heterocycles. The summed E-state index contributed by atoms with van der Waals surface area (Å²) in [5.74, 6) is 0. The first-order valence-corrected chi connectivity index (χ1v) is 12.1. The first kappa shape index (κ1) is 30.4. The highest BCUT2D eigenvalue weighted by Gasteiger charge is 2.12. The highest BCUT2D eigenvalue weighted by molar-refractivity contribution is 5.69. The third kappa shape index (κ3) is 10.6. The van der Waals surface area contributed by atoms with Crippen molar-refractivity contribution in [2.24, 2.45) is 0 Å². The van der Waals surface area contributed by atoms with Crippen molar-refractivity contribution < 1.29 is 20.1 Å². The van der Waals surface area contributed by atoms with Crippen molar-refractivity contribution >= 4 is 28.4 Å². The summed E-state index contributed by atoms with van der Waals surface area (Å²) in [4.78, 5) is 20.1. The zero-order chi connectivity index (χ0) is 28.6. The van der Waals surface area contributed by atoms with Crippen LogP contribution in [0.2, 0.25) is 0 Å². The van der Waals surface area contributed by atoms with Crippen molar-refractivity contribution in [3.8, 4) is 0 Å². The number of nitrogens with zero attached hydrogens (tertiary/aromatic N) is 2. The Balaban J connectivity index is 0.000000225. The van der Waals surface area contributed by atoms with E-state index in [1.165, 1.54) is 29.3 Å². The SMILES string of the molecule is Cc1ccc(CCO)cc1.Nc1ccccc1[N+](=O)[O-].O=[N+]([O-])c1ccccc1Nc1ccc(CCO)cc1. The number of nitrogens with two attached hydrogens (primary N) is 1. The minimum absolute atomic E-state index is 0.0394. The monoisotopic (exact) mass is 532 g/mol. The Morgan fingerprint density at radius 2 is 1.15 bits per heavy atom. The molecule has 0 aliphatic rings. The lowest BCUT2D eigenvalue weighted by molar-refractivity contribution is -0.384. The molecule has 39 heavy (non-hydrogen) atoms. The Kier molecular flexibility index (Phi) is 12.6. The minimum Gasteiger partial charge on any atom is -0.396 e. The van der Waals surface area contributed by atoms with Crippen LogP contribution >= 0.6 is 0 Å². The van der Waals surface area contributed by atoms with Gasteiger partial charge in [0, 0.05) is 31.0 Å². The fourth-order valence-corrected chi connectivity index (χ4v) is 3.32. The summed E-state index contributed by atoms with van der Waals surface area (Å²) in [6.07, 6.45) is 1.37. The van der Waals surface area contributed by atoms with E-state index in [4.69, 9.17) is 15.9 Å². The predicted octanol–water partition coefficient (Wildman–Crippen LogP) is 5.58. The number of benzene rings is 4. The summed E-state index contributed by atoms with van der Waals surface area (Å²) in [5.41, 5.74) is 10.2. The van der Waals surface area contributed by atoms with Crippen molar-refractivity contribution in [1.82, 2.24) is 0 Å². The fourth-order valence-electron chi connectivity index (χ4n) is 3.32. The maximum Gasteiger partial charge on any atom is 0.292 e. The van der Waals surface area contributed by atoms with Gasteiger partial charge in [-0.05, 0) is 55.2 Å². The number of aliphatic hydroxyl groups is 2. The van der Waals surface area contributed by atoms with Gasteiger partial charge in [-0.25, -0.2) is 0 Å². The number of anilines is 3. The quantitative estimate of drug-likeness (QED) is 0.130. The van der Waals surface area contributed by atoms with Crippen LogP contribution in [0.3, 0.4) is 0 Å². The second-order valence-corrected chi connectivity index (χ2v) is 8.34. The molecule has 0 saturated carbocycles. The lowest BCUT2D eigenvalue weighted by Crippen LogP contribution is -1.97. The van der Waals surface area contributed by atoms with Crippen LogP contribution in [0.1, 0.15) is 16.7 Å². The molecule has 0 amide bonds. The van der Waals surface area contributed by atoms with Crippen LogP contribution in [0.4, 0.5) is 28.4 Å². The molecule has 0 aliphatic heterocycles. The van der Waals surface area contributed by atoms with Gasteiger partial charge in [0.25, 0.3) is 11.4 Å². The number of para-hydroxylation sites is 4. The zero-order valence-corrected chi connectivity index (χ0v) is 21.6. The summed E-state index contributed by atoms with van der Waals surface area (Å²) < 4.78 is 0. The highest BCUT2D eigenvalue weighted by Crippen LogP contribution is 2.27. The molecule has 0 heterocycles. The fraction of sp³-hybridized carbons (Fsp3) is 0.172. The van der Waals surface area contributed by atoms with E-state index in [9.17, 15) is 20.2 Å². The van der Waals surface area contributed by atoms with Crippen LogP contribution in [0, 0.1) is 27.2 Å². The molecule has 0 atom stereocenters. The molecule has 5 N–H and O–H groups in total. The van der Waals surface area contributed by atoms with Crippen molar-refractivity contribution in [1.29, 1.82) is 0 Å². The standard InChI is InChI=1S/C14H14N2O3.C9H12O.C6H6N2O2/c17-10-9-11-5-7-12(8-6-11)15-13-3-1-2-4-14(13)16(18)19;1-8-2-4-9(5-3-8)6-7-10;7-5-3-1-2-4-6(5)8(9)10/h1-8,15,17H,9-10H2;2-5,10H,6-7H2,1H3;1-4H,7H2. The van der Waals surface area contributed by atoms with Gasteiger partial charge in [0.1, 0.15) is 11.4 Å². The molecule has 10 nitrogen and oxygen atoms in total. The van der Waals surface area contributed by atoms with E-state index in [2.05, 4.69) is 24.4 Å². The van der Waals surface area contributed by atoms with Crippen LogP contribution in [0.5, 0.6) is 0 Å². The molecule has 4 rings (SSSR count). The molecule has 0 spiro atoms. The molecule has 0 unspecified atom stereocenters. The van der Waals surface area contributed by atoms with Crippen LogP contribution in [0.25, 0.3) is 0 Å². The number of hydrogen-bond acceptors (Lipinski definition) is 8. The molecular formula is C29H32N4O6. The molecule has 0 radical (unpaired) electrons. The number of nitro groups is 2. The molecule has 204 valence electrons. The lowest BCUT2D eigenvalue weighted by atomic mass is 10.1. The van der Waals surface area contributed by atoms with E-state index in [0.717, 1.165) is 17.7 Å². The topological polar surface area (TPSA) is 165 Å². The highest BCUT2D eigenvalue weighted by atomic mass is 16.6. The summed E-state index contributed by atoms with van der Waals surface area (Å²) in [7, 11) is 0. The van der Waals surface area contributed by atoms with Gasteiger partial charge in [0.05, 0.1) is 9.85 Å². The van der Waals surface area contributed by atoms with Gasteiger partial charge in [0.15, 0.2) is 0 Å². The third-order valence-electron chi connectivity index (χ3n) is 5.39. The van der Waals surface area contributed by atoms with Crippen molar-refractivity contribution in [3.05, 3.63) is 134 Å². The number of rotatable bonds is 8. The van der Waals surface area contributed by atoms with Gasteiger partial charge in [0.2, 0.25) is 0 Å². The van der Waals surface area contributed by atoms with Crippen molar-refractivity contribution in [2.45, 2.75) is 19.8 Å². The molecule has 0 fully saturated rings. The number of nitro benzene ring substituents is 2. The Hall–Kier alpha value is -4.80. The molecule has 0 bridgehead atoms. The van der Waals surface area contributed by atoms with E-state index in [-0.39, 0.29) is 30.3 Å². The lowest BCUT2D eigenvalue weighted by Gasteiger charge is -2.07. The summed E-state index contributed by atoms with van der Waals surface area (Å²) in [6, 6.07) is 28.3. The first-order chi connectivity index (χ1) is 18.7. The maximum atomic E-state index is 10.9. The Morgan fingerprint density at radius 3 is 1.62 bits per heavy atom. The van der Waals surface area contributed by atoms with E-state index in [1.54, 1.807) is 30.3 Å². The average Bonchev–Trinajstić information content (AvgIpc) is 2.92. The van der Waals surface area contributed by atoms with E-state index in [1.807, 2.05) is 36.4 Å². The average molecular weight is 533 g/mol. The van der Waals surface area contributed by atoms with Crippen molar-refractivity contribution in [2.75, 3.05) is 24.3 Å². The predicted molar refractivity (Wildman–Crippen MR) is 153 cm³/mol. The largest absolute Gasteiger partial charge is 0.396 e. The molecule has 0 saturated heterocycles. The maximum absolute atomic E-state index is 10.9. The van der Waals surface area contributed by atoms with Gasteiger partial charge in [-0.2, -0.15) is 0 Å². The van der Waals surface area contributed by atoms with Gasteiger partial charge >= 0.3 is 0 Å². The molecule has 4 aromatic carbocycles. The molecule has 4 aromatic rings. The Labute approximate surface area is 226 Å². The Morgan fingerprint density at radius 1 is 0.692 bits per heavy atom. The third-order valence-corrected chi connectivity index (χ3v) is 5.39. The summed E-state index contributed by atoms with van der Waals surface area (Å²) >= 11 is 0. The summed E-state index contributed by atoms with van der Waals surface area (Å²) in [6.45, 7) is 2.41. The van der Waals surface area contributed by atoms with Crippen LogP contribution < -0.4 is 11.1 Å². The van der Waals surface area contributed by atoms with Gasteiger partial charge in [-0.3, -0.25) is 20.2 Å². The van der Waals surface area contributed by atoms with Crippen LogP contribution in [-0.4, -0.2) is 33.3 Å². The Bertz CT molecular complexity index is 1330. The molecule has 10 heteroatoms. The second-order valence-electron chi connectivity index (χ2n) is 8.34. The van der Waals surface area contributed by atoms with Gasteiger partial charge in [-0.15, -0.1) is 0 Å². The number of hydrogen-bond donors (Lipinski definition) is 4. The summed E-state index contributed by atoms with van der Waals surface area (Å²) in [5, 5.41) is 41.5. The normalized spacial score (nSPS) is 9.82. The minimum atomic E-state index is -0.505. The number of aryl methyl sites for hydroxylation is 1. The van der Waals surface area contributed by atoms with Crippen molar-refractivity contribution in [3.63, 3.8) is 0 Å². The zero-order valence-electron chi connectivity index (χ0n) is 21.6. The smallest absolute Gasteiger partial charge is 0.292 e. The first-order valence-electron chi connectivity index (χ1n) is 12.1. The molecule has 0 aliphatic carbocycles. The second kappa shape index (κ2) is 16.1.